The zero-order chi connectivity index (χ0) is 13.1. The maximum Gasteiger partial charge on any atom is 0.243 e. The van der Waals surface area contributed by atoms with Gasteiger partial charge in [-0.05, 0) is 24.6 Å². The van der Waals surface area contributed by atoms with Crippen LogP contribution in [0.4, 0.5) is 5.13 Å². The van der Waals surface area contributed by atoms with Crippen LogP contribution in [0.15, 0.2) is 18.2 Å². The maximum atomic E-state index is 11.8. The molecule has 0 aliphatic rings. The minimum atomic E-state index is -0.481. The number of hydrogen-bond acceptors (Lipinski definition) is 4. The molecular weight excluding hydrogens is 270 g/mol. The van der Waals surface area contributed by atoms with Crippen LogP contribution in [0.5, 0.6) is 0 Å². The highest BCUT2D eigenvalue weighted by Crippen LogP contribution is 2.28. The number of anilines is 1. The first-order chi connectivity index (χ1) is 8.60. The van der Waals surface area contributed by atoms with Gasteiger partial charge in [0.2, 0.25) is 5.91 Å². The van der Waals surface area contributed by atoms with Gasteiger partial charge in [-0.1, -0.05) is 36.3 Å². The Balaban J connectivity index is 2.14. The molecule has 1 aromatic carbocycles. The Morgan fingerprint density at radius 1 is 1.61 bits per heavy atom. The summed E-state index contributed by atoms with van der Waals surface area (Å²) in [4.78, 5) is 16.1. The van der Waals surface area contributed by atoms with E-state index in [1.165, 1.54) is 11.3 Å². The minimum absolute atomic E-state index is 0.193. The van der Waals surface area contributed by atoms with E-state index >= 15 is 0 Å². The summed E-state index contributed by atoms with van der Waals surface area (Å²) >= 11 is 7.29. The number of carbonyl (C=O) groups is 1. The molecule has 0 bridgehead atoms. The Morgan fingerprint density at radius 2 is 2.39 bits per heavy atom. The average molecular weight is 284 g/mol. The van der Waals surface area contributed by atoms with Gasteiger partial charge in [0.05, 0.1) is 16.3 Å². The van der Waals surface area contributed by atoms with Crippen molar-refractivity contribution >= 4 is 44.2 Å². The van der Waals surface area contributed by atoms with Gasteiger partial charge in [0, 0.05) is 5.02 Å². The highest BCUT2D eigenvalue weighted by Gasteiger charge is 2.14. The van der Waals surface area contributed by atoms with Crippen LogP contribution in [0.3, 0.4) is 0 Å². The van der Waals surface area contributed by atoms with Crippen LogP contribution < -0.4 is 11.1 Å². The second kappa shape index (κ2) is 5.65. The van der Waals surface area contributed by atoms with Gasteiger partial charge < -0.3 is 11.1 Å². The lowest BCUT2D eigenvalue weighted by Crippen LogP contribution is -2.35. The van der Waals surface area contributed by atoms with Gasteiger partial charge in [0.1, 0.15) is 0 Å². The van der Waals surface area contributed by atoms with Crippen LogP contribution in [-0.4, -0.2) is 16.9 Å². The molecule has 1 atom stereocenters. The molecule has 1 aromatic heterocycles. The third kappa shape index (κ3) is 2.98. The summed E-state index contributed by atoms with van der Waals surface area (Å²) in [7, 11) is 0. The molecule has 0 saturated carbocycles. The number of nitrogens with one attached hydrogen (secondary N) is 1. The summed E-state index contributed by atoms with van der Waals surface area (Å²) in [5.41, 5.74) is 6.56. The van der Waals surface area contributed by atoms with Crippen LogP contribution in [0.25, 0.3) is 10.2 Å². The summed E-state index contributed by atoms with van der Waals surface area (Å²) in [5.74, 6) is -0.193. The molecule has 0 spiro atoms. The van der Waals surface area contributed by atoms with E-state index in [1.54, 1.807) is 6.07 Å². The molecule has 0 radical (unpaired) electrons. The fraction of sp³-hybridized carbons (Fsp3) is 0.333. The van der Waals surface area contributed by atoms with E-state index in [9.17, 15) is 4.79 Å². The van der Waals surface area contributed by atoms with E-state index in [0.29, 0.717) is 16.6 Å². The lowest BCUT2D eigenvalue weighted by atomic mass is 10.2. The SMILES string of the molecule is CCCC(N)C(=O)Nc1nc2ccc(Cl)cc2s1. The molecule has 0 aliphatic carbocycles. The molecule has 2 aromatic rings. The predicted molar refractivity (Wildman–Crippen MR) is 76.1 cm³/mol. The first-order valence-electron chi connectivity index (χ1n) is 5.72. The van der Waals surface area contributed by atoms with Crippen molar-refractivity contribution in [2.24, 2.45) is 5.73 Å². The summed E-state index contributed by atoms with van der Waals surface area (Å²) < 4.78 is 0.946. The topological polar surface area (TPSA) is 68.0 Å². The van der Waals surface area contributed by atoms with E-state index in [2.05, 4.69) is 10.3 Å². The predicted octanol–water partition coefficient (Wildman–Crippen LogP) is 3.02. The van der Waals surface area contributed by atoms with E-state index in [-0.39, 0.29) is 5.91 Å². The number of rotatable bonds is 4. The number of amides is 1. The first-order valence-corrected chi connectivity index (χ1v) is 6.92. The lowest BCUT2D eigenvalue weighted by molar-refractivity contribution is -0.117. The zero-order valence-electron chi connectivity index (χ0n) is 9.94. The fourth-order valence-electron chi connectivity index (χ4n) is 1.59. The quantitative estimate of drug-likeness (QED) is 0.906. The van der Waals surface area contributed by atoms with Crippen molar-refractivity contribution in [1.29, 1.82) is 0 Å². The molecule has 0 fully saturated rings. The van der Waals surface area contributed by atoms with Gasteiger partial charge in [-0.3, -0.25) is 4.79 Å². The summed E-state index contributed by atoms with van der Waals surface area (Å²) in [5, 5.41) is 3.95. The van der Waals surface area contributed by atoms with E-state index in [1.807, 2.05) is 19.1 Å². The van der Waals surface area contributed by atoms with E-state index < -0.39 is 6.04 Å². The largest absolute Gasteiger partial charge is 0.320 e. The van der Waals surface area contributed by atoms with Gasteiger partial charge in [0.25, 0.3) is 0 Å². The number of aromatic nitrogens is 1. The van der Waals surface area contributed by atoms with Gasteiger partial charge in [-0.15, -0.1) is 0 Å². The fourth-order valence-corrected chi connectivity index (χ4v) is 2.74. The molecule has 6 heteroatoms. The standard InChI is InChI=1S/C12H14ClN3OS/c1-2-3-8(14)11(17)16-12-15-9-5-4-7(13)6-10(9)18-12/h4-6,8H,2-3,14H2,1H3,(H,15,16,17). The molecular formula is C12H14ClN3OS. The summed E-state index contributed by atoms with van der Waals surface area (Å²) in [6.45, 7) is 1.99. The number of nitrogens with two attached hydrogens (primary N) is 1. The van der Waals surface area contributed by atoms with Crippen molar-refractivity contribution in [2.45, 2.75) is 25.8 Å². The highest BCUT2D eigenvalue weighted by molar-refractivity contribution is 7.22. The van der Waals surface area contributed by atoms with Crippen LogP contribution in [-0.2, 0) is 4.79 Å². The second-order valence-corrected chi connectivity index (χ2v) is 5.48. The first kappa shape index (κ1) is 13.3. The van der Waals surface area contributed by atoms with Crippen molar-refractivity contribution < 1.29 is 4.79 Å². The number of carbonyl (C=O) groups excluding carboxylic acids is 1. The molecule has 96 valence electrons. The van der Waals surface area contributed by atoms with Gasteiger partial charge in [-0.25, -0.2) is 4.98 Å². The molecule has 2 rings (SSSR count). The Bertz CT molecular complexity index is 569. The third-order valence-electron chi connectivity index (χ3n) is 2.52. The number of hydrogen-bond donors (Lipinski definition) is 2. The summed E-state index contributed by atoms with van der Waals surface area (Å²) in [6, 6.07) is 4.95. The van der Waals surface area contributed by atoms with Crippen LogP contribution in [0, 0.1) is 0 Å². The average Bonchev–Trinajstić information content (AvgIpc) is 2.70. The number of thiazole rings is 1. The minimum Gasteiger partial charge on any atom is -0.320 e. The molecule has 4 nitrogen and oxygen atoms in total. The van der Waals surface area contributed by atoms with Gasteiger partial charge >= 0.3 is 0 Å². The van der Waals surface area contributed by atoms with Crippen molar-refractivity contribution in [3.8, 4) is 0 Å². The molecule has 3 N–H and O–H groups in total. The molecule has 0 saturated heterocycles. The Hall–Kier alpha value is -1.17. The van der Waals surface area contributed by atoms with Crippen LogP contribution in [0.2, 0.25) is 5.02 Å². The maximum absolute atomic E-state index is 11.8. The monoisotopic (exact) mass is 283 g/mol. The molecule has 1 heterocycles. The number of nitrogens with zero attached hydrogens (tertiary/aromatic N) is 1. The molecule has 1 unspecified atom stereocenters. The van der Waals surface area contributed by atoms with Crippen LogP contribution in [0.1, 0.15) is 19.8 Å². The van der Waals surface area contributed by atoms with Crippen molar-refractivity contribution in [3.05, 3.63) is 23.2 Å². The number of benzene rings is 1. The zero-order valence-corrected chi connectivity index (χ0v) is 11.5. The highest BCUT2D eigenvalue weighted by atomic mass is 35.5. The van der Waals surface area contributed by atoms with Crippen molar-refractivity contribution in [1.82, 2.24) is 4.98 Å². The van der Waals surface area contributed by atoms with E-state index in [0.717, 1.165) is 16.6 Å². The summed E-state index contributed by atoms with van der Waals surface area (Å²) in [6.07, 6.45) is 1.55. The molecule has 18 heavy (non-hydrogen) atoms. The Kier molecular flexibility index (Phi) is 4.16. The smallest absolute Gasteiger partial charge is 0.243 e. The normalized spacial score (nSPS) is 12.6. The number of halogens is 1. The van der Waals surface area contributed by atoms with Gasteiger partial charge in [-0.2, -0.15) is 0 Å². The number of fused-ring (bicyclic) bond motifs is 1. The Labute approximate surface area is 114 Å². The molecule has 0 aliphatic heterocycles. The Morgan fingerprint density at radius 3 is 3.11 bits per heavy atom. The van der Waals surface area contributed by atoms with Gasteiger partial charge in [0.15, 0.2) is 5.13 Å². The van der Waals surface area contributed by atoms with E-state index in [4.69, 9.17) is 17.3 Å². The van der Waals surface area contributed by atoms with Crippen LogP contribution >= 0.6 is 22.9 Å². The lowest BCUT2D eigenvalue weighted by Gasteiger charge is -2.08. The second-order valence-electron chi connectivity index (χ2n) is 4.02. The van der Waals surface area contributed by atoms with Crippen molar-refractivity contribution in [3.63, 3.8) is 0 Å². The van der Waals surface area contributed by atoms with Crippen molar-refractivity contribution in [2.75, 3.05) is 5.32 Å². The molecule has 1 amide bonds. The third-order valence-corrected chi connectivity index (χ3v) is 3.69.